The molecule has 33 heavy (non-hydrogen) atoms. The van der Waals surface area contributed by atoms with Gasteiger partial charge in [-0.05, 0) is 37.3 Å². The zero-order valence-corrected chi connectivity index (χ0v) is 19.3. The number of nitrogens with zero attached hydrogens (tertiary/aromatic N) is 3. The van der Waals surface area contributed by atoms with Gasteiger partial charge in [0.25, 0.3) is 5.91 Å². The normalized spacial score (nSPS) is 14.2. The second-order valence-corrected chi connectivity index (χ2v) is 7.94. The largest absolute Gasteiger partial charge is 0.497 e. The third-order valence-electron chi connectivity index (χ3n) is 5.72. The standard InChI is InChI=1S/C25H30N4O4/c1-18-4-6-19(7-5-18)29-23(25(30)26-10-11-28-12-14-33-15-13-28)17-22(27-29)21-9-8-20(31-2)16-24(21)32-3/h4-9,16-17H,10-15H2,1-3H3,(H,26,30). The van der Waals surface area contributed by atoms with Gasteiger partial charge in [-0.3, -0.25) is 9.69 Å². The van der Waals surface area contributed by atoms with Gasteiger partial charge in [-0.25, -0.2) is 4.68 Å². The number of aromatic nitrogens is 2. The summed E-state index contributed by atoms with van der Waals surface area (Å²) in [6.45, 7) is 6.62. The van der Waals surface area contributed by atoms with Gasteiger partial charge < -0.3 is 19.5 Å². The van der Waals surface area contributed by atoms with Crippen molar-refractivity contribution in [3.63, 3.8) is 0 Å². The molecule has 1 N–H and O–H groups in total. The molecule has 0 bridgehead atoms. The Labute approximate surface area is 194 Å². The van der Waals surface area contributed by atoms with Crippen LogP contribution in [0.4, 0.5) is 0 Å². The van der Waals surface area contributed by atoms with E-state index in [4.69, 9.17) is 19.3 Å². The minimum absolute atomic E-state index is 0.171. The van der Waals surface area contributed by atoms with Crippen molar-refractivity contribution >= 4 is 5.91 Å². The fourth-order valence-electron chi connectivity index (χ4n) is 3.81. The van der Waals surface area contributed by atoms with E-state index in [1.54, 1.807) is 25.0 Å². The van der Waals surface area contributed by atoms with Crippen LogP contribution in [-0.2, 0) is 4.74 Å². The van der Waals surface area contributed by atoms with Crippen LogP contribution < -0.4 is 14.8 Å². The van der Waals surface area contributed by atoms with Crippen molar-refractivity contribution in [1.29, 1.82) is 0 Å². The second kappa shape index (κ2) is 10.5. The van der Waals surface area contributed by atoms with Gasteiger partial charge in [0.15, 0.2) is 0 Å². The van der Waals surface area contributed by atoms with Crippen molar-refractivity contribution in [2.45, 2.75) is 6.92 Å². The third kappa shape index (κ3) is 5.35. The Bertz CT molecular complexity index is 1090. The number of methoxy groups -OCH3 is 2. The van der Waals surface area contributed by atoms with Gasteiger partial charge in [0.1, 0.15) is 17.2 Å². The van der Waals surface area contributed by atoms with Crippen LogP contribution in [0.15, 0.2) is 48.5 Å². The summed E-state index contributed by atoms with van der Waals surface area (Å²) in [5.74, 6) is 1.15. The number of carbonyl (C=O) groups excluding carboxylic acids is 1. The summed E-state index contributed by atoms with van der Waals surface area (Å²) in [6.07, 6.45) is 0. The van der Waals surface area contributed by atoms with Gasteiger partial charge in [0, 0.05) is 37.8 Å². The molecule has 8 heteroatoms. The first-order valence-electron chi connectivity index (χ1n) is 11.1. The highest BCUT2D eigenvalue weighted by atomic mass is 16.5. The van der Waals surface area contributed by atoms with Crippen LogP contribution in [0, 0.1) is 6.92 Å². The zero-order valence-electron chi connectivity index (χ0n) is 19.3. The lowest BCUT2D eigenvalue weighted by Gasteiger charge is -2.26. The van der Waals surface area contributed by atoms with E-state index in [2.05, 4.69) is 10.2 Å². The van der Waals surface area contributed by atoms with E-state index in [0.29, 0.717) is 29.4 Å². The third-order valence-corrected chi connectivity index (χ3v) is 5.72. The van der Waals surface area contributed by atoms with E-state index in [-0.39, 0.29) is 5.91 Å². The highest BCUT2D eigenvalue weighted by Gasteiger charge is 2.20. The van der Waals surface area contributed by atoms with Crippen LogP contribution in [-0.4, -0.2) is 74.2 Å². The van der Waals surface area contributed by atoms with Gasteiger partial charge in [-0.2, -0.15) is 5.10 Å². The Morgan fingerprint density at radius 3 is 2.52 bits per heavy atom. The first-order valence-corrected chi connectivity index (χ1v) is 11.1. The van der Waals surface area contributed by atoms with Crippen LogP contribution in [0.2, 0.25) is 0 Å². The zero-order chi connectivity index (χ0) is 23.2. The van der Waals surface area contributed by atoms with Crippen LogP contribution in [0.25, 0.3) is 16.9 Å². The van der Waals surface area contributed by atoms with E-state index >= 15 is 0 Å². The highest BCUT2D eigenvalue weighted by molar-refractivity contribution is 5.94. The average molecular weight is 451 g/mol. The average Bonchev–Trinajstić information content (AvgIpc) is 3.30. The first-order chi connectivity index (χ1) is 16.1. The molecular formula is C25H30N4O4. The van der Waals surface area contributed by atoms with E-state index in [1.165, 1.54) is 0 Å². The summed E-state index contributed by atoms with van der Waals surface area (Å²) >= 11 is 0. The number of carbonyl (C=O) groups is 1. The van der Waals surface area contributed by atoms with Crippen molar-refractivity contribution in [1.82, 2.24) is 20.0 Å². The summed E-state index contributed by atoms with van der Waals surface area (Å²) < 4.78 is 17.9. The first kappa shape index (κ1) is 22.8. The predicted octanol–water partition coefficient (Wildman–Crippen LogP) is 2.93. The number of hydrogen-bond donors (Lipinski definition) is 1. The summed E-state index contributed by atoms with van der Waals surface area (Å²) in [4.78, 5) is 15.5. The maximum absolute atomic E-state index is 13.2. The van der Waals surface area contributed by atoms with E-state index < -0.39 is 0 Å². The molecule has 4 rings (SSSR count). The summed E-state index contributed by atoms with van der Waals surface area (Å²) in [6, 6.07) is 15.3. The molecule has 0 saturated carbocycles. The van der Waals surface area contributed by atoms with Crippen LogP contribution >= 0.6 is 0 Å². The van der Waals surface area contributed by atoms with E-state index in [0.717, 1.165) is 49.7 Å². The number of morpholine rings is 1. The minimum Gasteiger partial charge on any atom is -0.497 e. The molecule has 0 unspecified atom stereocenters. The fraction of sp³-hybridized carbons (Fsp3) is 0.360. The Balaban J connectivity index is 1.62. The minimum atomic E-state index is -0.171. The van der Waals surface area contributed by atoms with Crippen molar-refractivity contribution < 1.29 is 19.0 Å². The number of hydrogen-bond acceptors (Lipinski definition) is 6. The summed E-state index contributed by atoms with van der Waals surface area (Å²) in [7, 11) is 3.22. The molecule has 0 spiro atoms. The Morgan fingerprint density at radius 2 is 1.82 bits per heavy atom. The Morgan fingerprint density at radius 1 is 1.06 bits per heavy atom. The highest BCUT2D eigenvalue weighted by Crippen LogP contribution is 2.33. The quantitative estimate of drug-likeness (QED) is 0.569. The molecule has 0 radical (unpaired) electrons. The molecular weight excluding hydrogens is 420 g/mol. The molecule has 3 aromatic rings. The van der Waals surface area contributed by atoms with Crippen molar-refractivity contribution in [3.05, 3.63) is 59.8 Å². The molecule has 1 aromatic heterocycles. The number of benzene rings is 2. The molecule has 2 aromatic carbocycles. The molecule has 1 aliphatic heterocycles. The number of nitrogens with one attached hydrogen (secondary N) is 1. The van der Waals surface area contributed by atoms with Gasteiger partial charge in [-0.1, -0.05) is 17.7 Å². The summed E-state index contributed by atoms with van der Waals surface area (Å²) in [5.41, 5.74) is 3.85. The molecule has 174 valence electrons. The predicted molar refractivity (Wildman–Crippen MR) is 126 cm³/mol. The number of ether oxygens (including phenoxy) is 3. The topological polar surface area (TPSA) is 77.9 Å². The Kier molecular flexibility index (Phi) is 7.26. The van der Waals surface area contributed by atoms with Crippen LogP contribution in [0.1, 0.15) is 16.1 Å². The lowest BCUT2D eigenvalue weighted by molar-refractivity contribution is 0.0383. The van der Waals surface area contributed by atoms with Gasteiger partial charge in [0.05, 0.1) is 38.8 Å². The van der Waals surface area contributed by atoms with Gasteiger partial charge >= 0.3 is 0 Å². The monoisotopic (exact) mass is 450 g/mol. The molecule has 1 fully saturated rings. The molecule has 8 nitrogen and oxygen atoms in total. The van der Waals surface area contributed by atoms with Crippen molar-refractivity contribution in [2.75, 3.05) is 53.6 Å². The van der Waals surface area contributed by atoms with Gasteiger partial charge in [0.2, 0.25) is 0 Å². The van der Waals surface area contributed by atoms with Crippen LogP contribution in [0.5, 0.6) is 11.5 Å². The Hall–Kier alpha value is -3.36. The van der Waals surface area contributed by atoms with Crippen molar-refractivity contribution in [2.24, 2.45) is 0 Å². The number of rotatable bonds is 8. The lowest BCUT2D eigenvalue weighted by atomic mass is 10.1. The number of aryl methyl sites for hydroxylation is 1. The fourth-order valence-corrected chi connectivity index (χ4v) is 3.81. The van der Waals surface area contributed by atoms with Gasteiger partial charge in [-0.15, -0.1) is 0 Å². The van der Waals surface area contributed by atoms with Crippen molar-refractivity contribution in [3.8, 4) is 28.4 Å². The molecule has 1 aliphatic rings. The molecule has 0 aliphatic carbocycles. The molecule has 1 saturated heterocycles. The number of amides is 1. The lowest BCUT2D eigenvalue weighted by Crippen LogP contribution is -2.41. The maximum atomic E-state index is 13.2. The van der Waals surface area contributed by atoms with Crippen LogP contribution in [0.3, 0.4) is 0 Å². The molecule has 2 heterocycles. The molecule has 1 amide bonds. The smallest absolute Gasteiger partial charge is 0.270 e. The molecule has 0 atom stereocenters. The van der Waals surface area contributed by atoms with E-state index in [1.807, 2.05) is 49.4 Å². The maximum Gasteiger partial charge on any atom is 0.270 e. The van der Waals surface area contributed by atoms with E-state index in [9.17, 15) is 4.79 Å². The summed E-state index contributed by atoms with van der Waals surface area (Å²) in [5, 5.41) is 7.82. The second-order valence-electron chi connectivity index (χ2n) is 7.94. The SMILES string of the molecule is COc1ccc(-c2cc(C(=O)NCCN3CCOCC3)n(-c3ccc(C)cc3)n2)c(OC)c1.